The highest BCUT2D eigenvalue weighted by Gasteiger charge is 2.32. The number of unbranched alkanes of at least 4 members (excludes halogenated alkanes) is 5. The number of nitrogens with two attached hydrogens (primary N) is 1. The Morgan fingerprint density at radius 3 is 2.50 bits per heavy atom. The minimum atomic E-state index is -0.858. The van der Waals surface area contributed by atoms with Crippen LogP contribution in [0.4, 0.5) is 0 Å². The van der Waals surface area contributed by atoms with Crippen LogP contribution in [0.2, 0.25) is 0 Å². The van der Waals surface area contributed by atoms with E-state index in [1.165, 1.54) is 61.6 Å². The van der Waals surface area contributed by atoms with E-state index < -0.39 is 5.54 Å². The van der Waals surface area contributed by atoms with Crippen LogP contribution in [0, 0.1) is 0 Å². The van der Waals surface area contributed by atoms with Gasteiger partial charge in [-0.3, -0.25) is 0 Å². The van der Waals surface area contributed by atoms with Gasteiger partial charge in [0.2, 0.25) is 0 Å². The number of aryl methyl sites for hydroxylation is 2. The van der Waals surface area contributed by atoms with E-state index in [9.17, 15) is 10.2 Å². The van der Waals surface area contributed by atoms with Crippen molar-refractivity contribution in [2.75, 3.05) is 13.2 Å². The largest absolute Gasteiger partial charge is 0.394 e. The quantitative estimate of drug-likeness (QED) is 0.541. The number of fused-ring (bicyclic) bond motifs is 1. The first-order valence-electron chi connectivity index (χ1n) is 9.74. The number of hydrogen-bond donors (Lipinski definition) is 3. The van der Waals surface area contributed by atoms with Gasteiger partial charge in [0.1, 0.15) is 0 Å². The second-order valence-electron chi connectivity index (χ2n) is 7.67. The fourth-order valence-corrected chi connectivity index (χ4v) is 3.91. The molecule has 0 saturated heterocycles. The molecule has 2 rings (SSSR count). The fourth-order valence-electron chi connectivity index (χ4n) is 3.91. The zero-order valence-corrected chi connectivity index (χ0v) is 15.3. The Hall–Kier alpha value is -0.900. The van der Waals surface area contributed by atoms with Crippen LogP contribution >= 0.6 is 0 Å². The van der Waals surface area contributed by atoms with E-state index in [-0.39, 0.29) is 13.2 Å². The van der Waals surface area contributed by atoms with E-state index in [4.69, 9.17) is 5.73 Å². The number of aliphatic hydroxyl groups is 2. The van der Waals surface area contributed by atoms with E-state index in [0.29, 0.717) is 12.3 Å². The second-order valence-corrected chi connectivity index (χ2v) is 7.67. The normalized spacial score (nSPS) is 17.2. The molecule has 0 radical (unpaired) electrons. The van der Waals surface area contributed by atoms with E-state index in [1.807, 2.05) is 0 Å². The van der Waals surface area contributed by atoms with E-state index >= 15 is 0 Å². The Morgan fingerprint density at radius 1 is 1.08 bits per heavy atom. The molecule has 0 heterocycles. The lowest BCUT2D eigenvalue weighted by Crippen LogP contribution is -2.48. The molecular weight excluding hydrogens is 298 g/mol. The molecule has 24 heavy (non-hydrogen) atoms. The van der Waals surface area contributed by atoms with Gasteiger partial charge in [0.15, 0.2) is 0 Å². The minimum absolute atomic E-state index is 0.161. The summed E-state index contributed by atoms with van der Waals surface area (Å²) in [4.78, 5) is 0. The van der Waals surface area contributed by atoms with Gasteiger partial charge in [-0.15, -0.1) is 0 Å². The smallest absolute Gasteiger partial charge is 0.0633 e. The van der Waals surface area contributed by atoms with Crippen LogP contribution in [0.3, 0.4) is 0 Å². The lowest BCUT2D eigenvalue weighted by atomic mass is 9.85. The molecule has 1 aliphatic rings. The standard InChI is InChI=1S/C21H35NO2/c1-2-3-4-5-6-7-8-17-9-12-20-18(13-17)10-11-19(20)14-21(22,15-23)16-24/h9,12-13,19,23-24H,2-8,10-11,14-16,22H2,1H3/t19-/m0/s1. The highest BCUT2D eigenvalue weighted by atomic mass is 16.3. The Balaban J connectivity index is 1.86. The van der Waals surface area contributed by atoms with E-state index in [0.717, 1.165) is 12.8 Å². The van der Waals surface area contributed by atoms with Crippen molar-refractivity contribution in [1.82, 2.24) is 0 Å². The summed E-state index contributed by atoms with van der Waals surface area (Å²) in [5.74, 6) is 0.368. The van der Waals surface area contributed by atoms with Crippen LogP contribution < -0.4 is 5.73 Å². The van der Waals surface area contributed by atoms with Crippen molar-refractivity contribution in [2.45, 2.75) is 82.6 Å². The molecule has 3 nitrogen and oxygen atoms in total. The van der Waals surface area contributed by atoms with E-state index in [2.05, 4.69) is 25.1 Å². The van der Waals surface area contributed by atoms with Crippen molar-refractivity contribution in [3.8, 4) is 0 Å². The summed E-state index contributed by atoms with van der Waals surface area (Å²) in [7, 11) is 0. The van der Waals surface area contributed by atoms with Gasteiger partial charge in [0.25, 0.3) is 0 Å². The molecule has 0 bridgehead atoms. The molecule has 1 aromatic rings. The molecule has 0 unspecified atom stereocenters. The lowest BCUT2D eigenvalue weighted by Gasteiger charge is -2.28. The molecule has 1 atom stereocenters. The highest BCUT2D eigenvalue weighted by molar-refractivity contribution is 5.38. The zero-order chi connectivity index (χ0) is 17.4. The molecule has 1 aromatic carbocycles. The third kappa shape index (κ3) is 5.30. The molecule has 1 aliphatic carbocycles. The third-order valence-electron chi connectivity index (χ3n) is 5.51. The Kier molecular flexibility index (Phi) is 7.73. The summed E-state index contributed by atoms with van der Waals surface area (Å²) in [6.07, 6.45) is 12.0. The van der Waals surface area contributed by atoms with E-state index in [1.54, 1.807) is 0 Å². The first-order chi connectivity index (χ1) is 11.6. The van der Waals surface area contributed by atoms with Gasteiger partial charge >= 0.3 is 0 Å². The molecule has 0 saturated carbocycles. The summed E-state index contributed by atoms with van der Waals surface area (Å²) in [6.45, 7) is 1.94. The third-order valence-corrected chi connectivity index (χ3v) is 5.51. The van der Waals surface area contributed by atoms with Gasteiger partial charge in [0, 0.05) is 0 Å². The van der Waals surface area contributed by atoms with Crippen molar-refractivity contribution in [3.63, 3.8) is 0 Å². The predicted octanol–water partition coefficient (Wildman–Crippen LogP) is 3.69. The van der Waals surface area contributed by atoms with Gasteiger partial charge in [-0.1, -0.05) is 57.2 Å². The van der Waals surface area contributed by atoms with Gasteiger partial charge < -0.3 is 15.9 Å². The lowest BCUT2D eigenvalue weighted by molar-refractivity contribution is 0.108. The summed E-state index contributed by atoms with van der Waals surface area (Å²) >= 11 is 0. The Morgan fingerprint density at radius 2 is 1.79 bits per heavy atom. The minimum Gasteiger partial charge on any atom is -0.394 e. The molecule has 3 heteroatoms. The maximum atomic E-state index is 9.43. The van der Waals surface area contributed by atoms with Crippen LogP contribution in [0.5, 0.6) is 0 Å². The van der Waals surface area contributed by atoms with Gasteiger partial charge in [-0.25, -0.2) is 0 Å². The number of rotatable bonds is 11. The zero-order valence-electron chi connectivity index (χ0n) is 15.3. The molecule has 0 aliphatic heterocycles. The van der Waals surface area contributed by atoms with Crippen LogP contribution in [0.1, 0.15) is 80.9 Å². The average molecular weight is 334 g/mol. The van der Waals surface area contributed by atoms with Crippen molar-refractivity contribution >= 4 is 0 Å². The summed E-state index contributed by atoms with van der Waals surface area (Å²) in [6, 6.07) is 6.89. The Bertz CT molecular complexity index is 497. The molecule has 4 N–H and O–H groups in total. The average Bonchev–Trinajstić information content (AvgIpc) is 3.00. The van der Waals surface area contributed by atoms with Crippen LogP contribution in [0.15, 0.2) is 18.2 Å². The molecule has 0 aromatic heterocycles. The van der Waals surface area contributed by atoms with Gasteiger partial charge in [-0.05, 0) is 54.7 Å². The van der Waals surface area contributed by atoms with Crippen LogP contribution in [-0.4, -0.2) is 29.0 Å². The Labute approximate surface area is 147 Å². The second kappa shape index (κ2) is 9.55. The number of aliphatic hydroxyl groups excluding tert-OH is 2. The molecule has 0 fully saturated rings. The summed E-state index contributed by atoms with van der Waals surface area (Å²) in [5, 5.41) is 18.9. The molecular formula is C21H35NO2. The highest BCUT2D eigenvalue weighted by Crippen LogP contribution is 2.38. The molecule has 0 spiro atoms. The SMILES string of the molecule is CCCCCCCCc1ccc2c(c1)CC[C@H]2CC(N)(CO)CO. The fraction of sp³-hybridized carbons (Fsp3) is 0.714. The first kappa shape index (κ1) is 19.4. The topological polar surface area (TPSA) is 66.5 Å². The van der Waals surface area contributed by atoms with Crippen LogP contribution in [-0.2, 0) is 12.8 Å². The van der Waals surface area contributed by atoms with Crippen LogP contribution in [0.25, 0.3) is 0 Å². The summed E-state index contributed by atoms with van der Waals surface area (Å²) < 4.78 is 0. The molecule has 136 valence electrons. The number of hydrogen-bond acceptors (Lipinski definition) is 3. The van der Waals surface area contributed by atoms with Gasteiger partial charge in [-0.2, -0.15) is 0 Å². The van der Waals surface area contributed by atoms with Crippen molar-refractivity contribution in [2.24, 2.45) is 5.73 Å². The summed E-state index contributed by atoms with van der Waals surface area (Å²) in [5.41, 5.74) is 9.49. The van der Waals surface area contributed by atoms with Crippen molar-refractivity contribution in [1.29, 1.82) is 0 Å². The predicted molar refractivity (Wildman–Crippen MR) is 100 cm³/mol. The maximum Gasteiger partial charge on any atom is 0.0633 e. The van der Waals surface area contributed by atoms with Crippen molar-refractivity contribution in [3.05, 3.63) is 34.9 Å². The number of benzene rings is 1. The molecule has 0 amide bonds. The maximum absolute atomic E-state index is 9.43. The van der Waals surface area contributed by atoms with Gasteiger partial charge in [0.05, 0.1) is 18.8 Å². The monoisotopic (exact) mass is 333 g/mol. The van der Waals surface area contributed by atoms with Crippen molar-refractivity contribution < 1.29 is 10.2 Å². The first-order valence-corrected chi connectivity index (χ1v) is 9.74.